The standard InChI is InChI=1S/C19H16BrClN2O2/c1-10-7-12(20)3-4-13(10)17-5-6-18(25-17)19(24)23-16-9-14(21)11(2)8-15(16)22/h3-9H,22H2,1-2H3,(H,23,24). The first-order chi connectivity index (χ1) is 11.8. The van der Waals surface area contributed by atoms with Crippen LogP contribution in [0.2, 0.25) is 5.02 Å². The van der Waals surface area contributed by atoms with Gasteiger partial charge in [-0.25, -0.2) is 0 Å². The number of benzene rings is 2. The number of anilines is 2. The summed E-state index contributed by atoms with van der Waals surface area (Å²) in [6, 6.07) is 12.6. The Morgan fingerprint density at radius 3 is 2.60 bits per heavy atom. The molecule has 3 N–H and O–H groups in total. The number of carbonyl (C=O) groups excluding carboxylic acids is 1. The molecule has 0 radical (unpaired) electrons. The summed E-state index contributed by atoms with van der Waals surface area (Å²) in [5, 5.41) is 3.27. The van der Waals surface area contributed by atoms with Gasteiger partial charge in [0.25, 0.3) is 5.91 Å². The van der Waals surface area contributed by atoms with Gasteiger partial charge in [0, 0.05) is 15.1 Å². The second-order valence-electron chi connectivity index (χ2n) is 5.77. The maximum absolute atomic E-state index is 12.4. The minimum atomic E-state index is -0.382. The Labute approximate surface area is 159 Å². The highest BCUT2D eigenvalue weighted by Crippen LogP contribution is 2.30. The van der Waals surface area contributed by atoms with Crippen molar-refractivity contribution in [2.24, 2.45) is 0 Å². The molecule has 0 spiro atoms. The van der Waals surface area contributed by atoms with Crippen LogP contribution in [0.3, 0.4) is 0 Å². The highest BCUT2D eigenvalue weighted by atomic mass is 79.9. The van der Waals surface area contributed by atoms with Crippen LogP contribution >= 0.6 is 27.5 Å². The van der Waals surface area contributed by atoms with E-state index in [2.05, 4.69) is 21.2 Å². The lowest BCUT2D eigenvalue weighted by atomic mass is 10.1. The summed E-state index contributed by atoms with van der Waals surface area (Å²) in [5.41, 5.74) is 9.67. The molecule has 4 nitrogen and oxygen atoms in total. The Hall–Kier alpha value is -2.24. The molecule has 0 fully saturated rings. The third kappa shape index (κ3) is 3.72. The molecule has 128 valence electrons. The first-order valence-corrected chi connectivity index (χ1v) is 8.75. The van der Waals surface area contributed by atoms with E-state index in [4.69, 9.17) is 21.8 Å². The van der Waals surface area contributed by atoms with Crippen LogP contribution in [0.25, 0.3) is 11.3 Å². The molecule has 0 saturated carbocycles. The zero-order chi connectivity index (χ0) is 18.1. The van der Waals surface area contributed by atoms with Crippen molar-refractivity contribution >= 4 is 44.8 Å². The second-order valence-corrected chi connectivity index (χ2v) is 7.09. The van der Waals surface area contributed by atoms with E-state index in [9.17, 15) is 4.79 Å². The number of halogens is 2. The molecule has 0 unspecified atom stereocenters. The highest BCUT2D eigenvalue weighted by Gasteiger charge is 2.15. The van der Waals surface area contributed by atoms with Crippen molar-refractivity contribution in [2.45, 2.75) is 13.8 Å². The summed E-state index contributed by atoms with van der Waals surface area (Å²) in [6.45, 7) is 3.83. The number of furan rings is 1. The van der Waals surface area contributed by atoms with Gasteiger partial charge in [0.2, 0.25) is 0 Å². The second kappa shape index (κ2) is 6.94. The molecule has 3 aromatic rings. The van der Waals surface area contributed by atoms with Gasteiger partial charge in [-0.1, -0.05) is 27.5 Å². The first-order valence-electron chi connectivity index (χ1n) is 7.58. The fraction of sp³-hybridized carbons (Fsp3) is 0.105. The van der Waals surface area contributed by atoms with Crippen LogP contribution < -0.4 is 11.1 Å². The Bertz CT molecular complexity index is 966. The van der Waals surface area contributed by atoms with Crippen molar-refractivity contribution in [3.05, 3.63) is 68.8 Å². The lowest BCUT2D eigenvalue weighted by molar-refractivity contribution is 0.0997. The third-order valence-electron chi connectivity index (χ3n) is 3.86. The summed E-state index contributed by atoms with van der Waals surface area (Å²) in [6.07, 6.45) is 0. The maximum Gasteiger partial charge on any atom is 0.291 e. The van der Waals surface area contributed by atoms with Gasteiger partial charge in [-0.2, -0.15) is 0 Å². The van der Waals surface area contributed by atoms with E-state index in [0.29, 0.717) is 22.2 Å². The van der Waals surface area contributed by atoms with Crippen LogP contribution in [0.4, 0.5) is 11.4 Å². The Balaban J connectivity index is 1.85. The van der Waals surface area contributed by atoms with Crippen LogP contribution in [-0.2, 0) is 0 Å². The number of nitrogen functional groups attached to an aromatic ring is 1. The van der Waals surface area contributed by atoms with E-state index >= 15 is 0 Å². The lowest BCUT2D eigenvalue weighted by Crippen LogP contribution is -2.12. The van der Waals surface area contributed by atoms with Gasteiger partial charge in [0.15, 0.2) is 5.76 Å². The molecule has 0 saturated heterocycles. The number of carbonyl (C=O) groups is 1. The van der Waals surface area contributed by atoms with Crippen molar-refractivity contribution in [2.75, 3.05) is 11.1 Å². The van der Waals surface area contributed by atoms with Crippen LogP contribution in [-0.4, -0.2) is 5.91 Å². The van der Waals surface area contributed by atoms with Gasteiger partial charge in [0.1, 0.15) is 5.76 Å². The van der Waals surface area contributed by atoms with Gasteiger partial charge in [-0.05, 0) is 67.4 Å². The number of nitrogens with one attached hydrogen (secondary N) is 1. The van der Waals surface area contributed by atoms with Gasteiger partial charge in [-0.15, -0.1) is 0 Å². The number of hydrogen-bond acceptors (Lipinski definition) is 3. The van der Waals surface area contributed by atoms with E-state index < -0.39 is 0 Å². The molecule has 1 amide bonds. The molecule has 0 aliphatic carbocycles. The van der Waals surface area contributed by atoms with Crippen molar-refractivity contribution in [1.82, 2.24) is 0 Å². The van der Waals surface area contributed by atoms with Crippen LogP contribution in [0.5, 0.6) is 0 Å². The molecule has 25 heavy (non-hydrogen) atoms. The monoisotopic (exact) mass is 418 g/mol. The minimum absolute atomic E-state index is 0.202. The smallest absolute Gasteiger partial charge is 0.291 e. The molecule has 3 rings (SSSR count). The largest absolute Gasteiger partial charge is 0.451 e. The van der Waals surface area contributed by atoms with Crippen molar-refractivity contribution in [3.8, 4) is 11.3 Å². The number of amides is 1. The number of rotatable bonds is 3. The summed E-state index contributed by atoms with van der Waals surface area (Å²) in [4.78, 5) is 12.4. The molecule has 0 atom stereocenters. The van der Waals surface area contributed by atoms with Crippen LogP contribution in [0, 0.1) is 13.8 Å². The molecule has 6 heteroatoms. The molecule has 2 aromatic carbocycles. The van der Waals surface area contributed by atoms with Crippen molar-refractivity contribution in [3.63, 3.8) is 0 Å². The quantitative estimate of drug-likeness (QED) is 0.526. The summed E-state index contributed by atoms with van der Waals surface area (Å²) in [7, 11) is 0. The van der Waals surface area contributed by atoms with E-state index in [1.807, 2.05) is 32.0 Å². The Morgan fingerprint density at radius 2 is 1.88 bits per heavy atom. The third-order valence-corrected chi connectivity index (χ3v) is 4.76. The topological polar surface area (TPSA) is 68.3 Å². The molecular weight excluding hydrogens is 404 g/mol. The van der Waals surface area contributed by atoms with Gasteiger partial charge >= 0.3 is 0 Å². The molecular formula is C19H16BrClN2O2. The van der Waals surface area contributed by atoms with Crippen molar-refractivity contribution in [1.29, 1.82) is 0 Å². The summed E-state index contributed by atoms with van der Waals surface area (Å²) < 4.78 is 6.71. The minimum Gasteiger partial charge on any atom is -0.451 e. The fourth-order valence-corrected chi connectivity index (χ4v) is 3.14. The Kier molecular flexibility index (Phi) is 4.88. The van der Waals surface area contributed by atoms with Gasteiger partial charge in [0.05, 0.1) is 11.4 Å². The van der Waals surface area contributed by atoms with Crippen LogP contribution in [0.15, 0.2) is 51.4 Å². The molecule has 0 aliphatic rings. The summed E-state index contributed by atoms with van der Waals surface area (Å²) >= 11 is 9.53. The average Bonchev–Trinajstić information content (AvgIpc) is 3.02. The van der Waals surface area contributed by atoms with E-state index in [1.54, 1.807) is 24.3 Å². The van der Waals surface area contributed by atoms with Crippen LogP contribution in [0.1, 0.15) is 21.7 Å². The SMILES string of the molecule is Cc1cc(N)c(NC(=O)c2ccc(-c3ccc(Br)cc3C)o2)cc1Cl. The van der Waals surface area contributed by atoms with Gasteiger partial charge < -0.3 is 15.5 Å². The number of hydrogen-bond donors (Lipinski definition) is 2. The zero-order valence-corrected chi connectivity index (χ0v) is 16.0. The van der Waals surface area contributed by atoms with E-state index in [0.717, 1.165) is 21.2 Å². The Morgan fingerprint density at radius 1 is 1.12 bits per heavy atom. The maximum atomic E-state index is 12.4. The average molecular weight is 420 g/mol. The predicted octanol–water partition coefficient (Wildman–Crippen LogP) is 5.81. The number of nitrogens with two attached hydrogens (primary N) is 1. The zero-order valence-electron chi connectivity index (χ0n) is 13.7. The van der Waals surface area contributed by atoms with Crippen molar-refractivity contribution < 1.29 is 9.21 Å². The van der Waals surface area contributed by atoms with E-state index in [-0.39, 0.29) is 11.7 Å². The van der Waals surface area contributed by atoms with Gasteiger partial charge in [-0.3, -0.25) is 4.79 Å². The molecule has 1 heterocycles. The normalized spacial score (nSPS) is 10.7. The molecule has 0 bridgehead atoms. The lowest BCUT2D eigenvalue weighted by Gasteiger charge is -2.09. The fourth-order valence-electron chi connectivity index (χ4n) is 2.50. The summed E-state index contributed by atoms with van der Waals surface area (Å²) in [5.74, 6) is 0.450. The van der Waals surface area contributed by atoms with E-state index in [1.165, 1.54) is 0 Å². The first kappa shape index (κ1) is 17.6. The highest BCUT2D eigenvalue weighted by molar-refractivity contribution is 9.10. The predicted molar refractivity (Wildman–Crippen MR) is 105 cm³/mol. The molecule has 0 aliphatic heterocycles. The molecule has 1 aromatic heterocycles. The number of aryl methyl sites for hydroxylation is 2.